The lowest BCUT2D eigenvalue weighted by Gasteiger charge is -2.34. The summed E-state index contributed by atoms with van der Waals surface area (Å²) in [5.41, 5.74) is 0.0987. The lowest BCUT2D eigenvalue weighted by molar-refractivity contribution is -0.150. The molecule has 4 rings (SSSR count). The fraction of sp³-hybridized carbons (Fsp3) is 0.542. The zero-order chi connectivity index (χ0) is 24.3. The van der Waals surface area contributed by atoms with Crippen LogP contribution in [0.15, 0.2) is 24.3 Å². The Kier molecular flexibility index (Phi) is 6.85. The number of para-hydroxylation sites is 2. The minimum Gasteiger partial charge on any atom is -0.454 e. The molecule has 3 aliphatic rings. The number of carbonyl (C=O) groups excluding carboxylic acids is 5. The molecule has 1 aromatic carbocycles. The van der Waals surface area contributed by atoms with E-state index in [9.17, 15) is 24.0 Å². The highest BCUT2D eigenvalue weighted by Crippen LogP contribution is 2.37. The molecular weight excluding hydrogens is 440 g/mol. The Morgan fingerprint density at radius 3 is 2.59 bits per heavy atom. The van der Waals surface area contributed by atoms with Crippen molar-refractivity contribution in [3.8, 4) is 0 Å². The number of imide groups is 1. The van der Waals surface area contributed by atoms with Gasteiger partial charge in [0.1, 0.15) is 12.1 Å². The predicted molar refractivity (Wildman–Crippen MR) is 123 cm³/mol. The first-order valence-electron chi connectivity index (χ1n) is 11.8. The maximum atomic E-state index is 12.9. The van der Waals surface area contributed by atoms with Gasteiger partial charge in [-0.15, -0.1) is 0 Å². The van der Waals surface area contributed by atoms with Gasteiger partial charge in [0.25, 0.3) is 11.8 Å². The fourth-order valence-corrected chi connectivity index (χ4v) is 4.96. The second-order valence-corrected chi connectivity index (χ2v) is 9.13. The number of benzene rings is 1. The quantitative estimate of drug-likeness (QED) is 0.465. The average molecular weight is 471 g/mol. The van der Waals surface area contributed by atoms with Gasteiger partial charge in [-0.25, -0.2) is 4.79 Å². The van der Waals surface area contributed by atoms with E-state index in [1.165, 1.54) is 0 Å². The lowest BCUT2D eigenvalue weighted by Crippen LogP contribution is -2.49. The van der Waals surface area contributed by atoms with Crippen LogP contribution in [0.2, 0.25) is 0 Å². The van der Waals surface area contributed by atoms with Crippen molar-refractivity contribution in [2.75, 3.05) is 29.9 Å². The molecule has 10 heteroatoms. The van der Waals surface area contributed by atoms with Crippen molar-refractivity contribution >= 4 is 41.1 Å². The van der Waals surface area contributed by atoms with Crippen LogP contribution < -0.4 is 15.5 Å². The molecule has 0 radical (unpaired) electrons. The van der Waals surface area contributed by atoms with Crippen molar-refractivity contribution in [1.82, 2.24) is 10.2 Å². The highest BCUT2D eigenvalue weighted by molar-refractivity contribution is 6.09. The number of anilines is 2. The van der Waals surface area contributed by atoms with Crippen LogP contribution in [0.3, 0.4) is 0 Å². The monoisotopic (exact) mass is 470 g/mol. The Balaban J connectivity index is 1.29. The number of urea groups is 1. The van der Waals surface area contributed by atoms with E-state index < -0.39 is 42.5 Å². The minimum absolute atomic E-state index is 0.0114. The lowest BCUT2D eigenvalue weighted by atomic mass is 9.75. The van der Waals surface area contributed by atoms with Gasteiger partial charge in [0, 0.05) is 13.0 Å². The maximum absolute atomic E-state index is 12.9. The molecule has 0 unspecified atom stereocenters. The summed E-state index contributed by atoms with van der Waals surface area (Å²) in [7, 11) is 0. The highest BCUT2D eigenvalue weighted by atomic mass is 16.5. The van der Waals surface area contributed by atoms with Crippen LogP contribution in [0.25, 0.3) is 0 Å². The molecule has 2 aliphatic heterocycles. The molecule has 2 N–H and O–H groups in total. The van der Waals surface area contributed by atoms with Crippen LogP contribution in [-0.2, 0) is 23.9 Å². The summed E-state index contributed by atoms with van der Waals surface area (Å²) in [6.07, 6.45) is 5.07. The number of hydrogen-bond acceptors (Lipinski definition) is 6. The van der Waals surface area contributed by atoms with E-state index in [2.05, 4.69) is 17.6 Å². The average Bonchev–Trinajstić information content (AvgIpc) is 3.35. The topological polar surface area (TPSA) is 125 Å². The second-order valence-electron chi connectivity index (χ2n) is 9.13. The Hall–Kier alpha value is -3.43. The number of ether oxygens (including phenoxy) is 1. The van der Waals surface area contributed by atoms with Gasteiger partial charge in [0.05, 0.1) is 11.4 Å². The Morgan fingerprint density at radius 1 is 1.18 bits per heavy atom. The smallest absolute Gasteiger partial charge is 0.326 e. The van der Waals surface area contributed by atoms with Crippen LogP contribution in [0.5, 0.6) is 0 Å². The molecule has 34 heavy (non-hydrogen) atoms. The van der Waals surface area contributed by atoms with Crippen molar-refractivity contribution in [2.45, 2.75) is 57.4 Å². The summed E-state index contributed by atoms with van der Waals surface area (Å²) in [6.45, 7) is 1.57. The van der Waals surface area contributed by atoms with Gasteiger partial charge < -0.3 is 20.3 Å². The molecule has 0 atom stereocenters. The first-order valence-corrected chi connectivity index (χ1v) is 11.8. The molecular formula is C24H30N4O6. The second kappa shape index (κ2) is 9.82. The molecule has 1 saturated carbocycles. The Morgan fingerprint density at radius 2 is 1.91 bits per heavy atom. The summed E-state index contributed by atoms with van der Waals surface area (Å²) < 4.78 is 5.03. The number of amides is 5. The van der Waals surface area contributed by atoms with Crippen molar-refractivity contribution in [1.29, 1.82) is 0 Å². The highest BCUT2D eigenvalue weighted by Gasteiger charge is 2.52. The third-order valence-corrected chi connectivity index (χ3v) is 6.98. The van der Waals surface area contributed by atoms with Gasteiger partial charge >= 0.3 is 12.0 Å². The van der Waals surface area contributed by atoms with Gasteiger partial charge in [-0.2, -0.15) is 0 Å². The number of nitrogens with zero attached hydrogens (tertiary/aromatic N) is 2. The third-order valence-electron chi connectivity index (χ3n) is 6.98. The van der Waals surface area contributed by atoms with Gasteiger partial charge in [-0.05, 0) is 50.2 Å². The number of hydrogen-bond donors (Lipinski definition) is 2. The number of nitrogens with one attached hydrogen (secondary N) is 2. The maximum Gasteiger partial charge on any atom is 0.326 e. The van der Waals surface area contributed by atoms with E-state index in [1.807, 2.05) is 0 Å². The fourth-order valence-electron chi connectivity index (χ4n) is 4.96. The minimum atomic E-state index is -0.933. The van der Waals surface area contributed by atoms with Crippen LogP contribution in [0.4, 0.5) is 16.2 Å². The van der Waals surface area contributed by atoms with Crippen LogP contribution in [-0.4, -0.2) is 59.9 Å². The number of carbonyl (C=O) groups is 5. The van der Waals surface area contributed by atoms with E-state index in [-0.39, 0.29) is 5.91 Å². The Bertz CT molecular complexity index is 1000. The first kappa shape index (κ1) is 23.7. The summed E-state index contributed by atoms with van der Waals surface area (Å²) in [5.74, 6) is -1.30. The normalized spacial score (nSPS) is 24.5. The Labute approximate surface area is 198 Å². The zero-order valence-corrected chi connectivity index (χ0v) is 19.3. The molecule has 3 fully saturated rings. The summed E-state index contributed by atoms with van der Waals surface area (Å²) in [4.78, 5) is 64.6. The van der Waals surface area contributed by atoms with Crippen molar-refractivity contribution < 1.29 is 28.7 Å². The van der Waals surface area contributed by atoms with Crippen LogP contribution in [0, 0.1) is 5.92 Å². The van der Waals surface area contributed by atoms with Crippen molar-refractivity contribution in [2.24, 2.45) is 5.92 Å². The van der Waals surface area contributed by atoms with E-state index in [0.29, 0.717) is 43.1 Å². The van der Waals surface area contributed by atoms with Gasteiger partial charge in [0.2, 0.25) is 5.91 Å². The number of esters is 1. The van der Waals surface area contributed by atoms with Gasteiger partial charge in [0.15, 0.2) is 6.61 Å². The van der Waals surface area contributed by atoms with E-state index in [0.717, 1.165) is 30.6 Å². The molecule has 2 saturated heterocycles. The first-order chi connectivity index (χ1) is 16.3. The van der Waals surface area contributed by atoms with Crippen molar-refractivity contribution in [3.63, 3.8) is 0 Å². The molecule has 182 valence electrons. The summed E-state index contributed by atoms with van der Waals surface area (Å²) >= 11 is 0. The molecule has 2 heterocycles. The molecule has 10 nitrogen and oxygen atoms in total. The standard InChI is InChI=1S/C24H30N4O6/c1-2-16-9-11-24(12-10-16)22(32)28(23(33)26-24)14-21(31)34-15-19(29)25-17-6-3-4-7-18(17)27-13-5-8-20(27)30/h3-4,6-7,16H,2,5,8-15H2,1H3,(H,25,29)(H,26,33). The molecule has 0 aromatic heterocycles. The largest absolute Gasteiger partial charge is 0.454 e. The summed E-state index contributed by atoms with van der Waals surface area (Å²) in [5, 5.41) is 5.43. The predicted octanol–water partition coefficient (Wildman–Crippen LogP) is 2.19. The van der Waals surface area contributed by atoms with Crippen LogP contribution in [0.1, 0.15) is 51.9 Å². The molecule has 5 amide bonds. The summed E-state index contributed by atoms with van der Waals surface area (Å²) in [6, 6.07) is 6.31. The molecule has 1 aliphatic carbocycles. The van der Waals surface area contributed by atoms with Gasteiger partial charge in [-0.3, -0.25) is 24.1 Å². The SMILES string of the molecule is CCC1CCC2(CC1)NC(=O)N(CC(=O)OCC(=O)Nc1ccccc1N1CCCC1=O)C2=O. The number of rotatable bonds is 7. The molecule has 1 aromatic rings. The van der Waals surface area contributed by atoms with Crippen molar-refractivity contribution in [3.05, 3.63) is 24.3 Å². The van der Waals surface area contributed by atoms with E-state index >= 15 is 0 Å². The zero-order valence-electron chi connectivity index (χ0n) is 19.3. The third kappa shape index (κ3) is 4.76. The van der Waals surface area contributed by atoms with Crippen LogP contribution >= 0.6 is 0 Å². The van der Waals surface area contributed by atoms with E-state index in [1.54, 1.807) is 29.2 Å². The van der Waals surface area contributed by atoms with Gasteiger partial charge in [-0.1, -0.05) is 25.5 Å². The molecule has 0 bridgehead atoms. The molecule has 1 spiro atoms. The van der Waals surface area contributed by atoms with E-state index in [4.69, 9.17) is 4.74 Å².